The molecule has 0 aliphatic heterocycles. The maximum atomic E-state index is 11.4. The Labute approximate surface area is 79.7 Å². The summed E-state index contributed by atoms with van der Waals surface area (Å²) in [5.41, 5.74) is 0. The number of aliphatic hydroxyl groups excluding tert-OH is 1. The molecule has 1 fully saturated rings. The topological polar surface area (TPSA) is 40.5 Å². The highest BCUT2D eigenvalue weighted by molar-refractivity contribution is 5.84. The van der Waals surface area contributed by atoms with Crippen LogP contribution in [0.2, 0.25) is 0 Å². The molecular weight excluding hydrogens is 166 g/mol. The molecule has 13 heavy (non-hydrogen) atoms. The van der Waals surface area contributed by atoms with Crippen LogP contribution in [-0.2, 0) is 4.79 Å². The second-order valence-corrected chi connectivity index (χ2v) is 3.74. The minimum atomic E-state index is 0.151. The molecular formula is C10H19NO2. The van der Waals surface area contributed by atoms with Gasteiger partial charge in [-0.25, -0.2) is 0 Å². The number of rotatable bonds is 7. The van der Waals surface area contributed by atoms with Crippen molar-refractivity contribution in [1.82, 2.24) is 4.90 Å². The van der Waals surface area contributed by atoms with Gasteiger partial charge in [0.1, 0.15) is 5.78 Å². The molecule has 0 bridgehead atoms. The van der Waals surface area contributed by atoms with E-state index in [1.807, 2.05) is 4.90 Å². The van der Waals surface area contributed by atoms with E-state index in [0.717, 1.165) is 25.8 Å². The molecule has 0 amide bonds. The van der Waals surface area contributed by atoms with Gasteiger partial charge in [-0.3, -0.25) is 9.69 Å². The number of hydrogen-bond acceptors (Lipinski definition) is 3. The van der Waals surface area contributed by atoms with Gasteiger partial charge in [-0.2, -0.15) is 0 Å². The van der Waals surface area contributed by atoms with Crippen molar-refractivity contribution in [3.8, 4) is 0 Å². The fourth-order valence-corrected chi connectivity index (χ4v) is 1.48. The van der Waals surface area contributed by atoms with Gasteiger partial charge in [-0.1, -0.05) is 6.92 Å². The Kier molecular flexibility index (Phi) is 4.39. The van der Waals surface area contributed by atoms with Crippen LogP contribution in [0.4, 0.5) is 0 Å². The van der Waals surface area contributed by atoms with E-state index >= 15 is 0 Å². The van der Waals surface area contributed by atoms with Gasteiger partial charge in [0.2, 0.25) is 0 Å². The number of aliphatic hydroxyl groups is 1. The van der Waals surface area contributed by atoms with Crippen LogP contribution in [0.15, 0.2) is 0 Å². The van der Waals surface area contributed by atoms with E-state index in [9.17, 15) is 4.79 Å². The second kappa shape index (κ2) is 5.35. The Balaban J connectivity index is 2.22. The summed E-state index contributed by atoms with van der Waals surface area (Å²) in [5.74, 6) is 0.708. The van der Waals surface area contributed by atoms with Gasteiger partial charge < -0.3 is 5.11 Å². The maximum absolute atomic E-state index is 11.4. The molecule has 0 aromatic carbocycles. The van der Waals surface area contributed by atoms with Crippen molar-refractivity contribution in [3.63, 3.8) is 0 Å². The van der Waals surface area contributed by atoms with Gasteiger partial charge in [0.15, 0.2) is 0 Å². The van der Waals surface area contributed by atoms with E-state index in [1.54, 1.807) is 0 Å². The highest BCUT2D eigenvalue weighted by atomic mass is 16.3. The number of Topliss-reactive ketones (excluding diaryl/α,β-unsaturated/α-hetero) is 1. The Bertz CT molecular complexity index is 160. The molecule has 1 saturated carbocycles. The smallest absolute Gasteiger partial charge is 0.149 e. The summed E-state index contributed by atoms with van der Waals surface area (Å²) in [7, 11) is 0. The van der Waals surface area contributed by atoms with E-state index in [1.165, 1.54) is 0 Å². The molecule has 0 unspecified atom stereocenters. The largest absolute Gasteiger partial charge is 0.395 e. The summed E-state index contributed by atoms with van der Waals surface area (Å²) < 4.78 is 0. The van der Waals surface area contributed by atoms with Crippen molar-refractivity contribution in [2.45, 2.75) is 26.2 Å². The third kappa shape index (κ3) is 3.87. The predicted molar refractivity (Wildman–Crippen MR) is 51.5 cm³/mol. The molecule has 1 aliphatic carbocycles. The number of nitrogens with zero attached hydrogens (tertiary/aromatic N) is 1. The highest BCUT2D eigenvalue weighted by Gasteiger charge is 2.29. The van der Waals surface area contributed by atoms with Crippen LogP contribution in [0.1, 0.15) is 26.2 Å². The highest BCUT2D eigenvalue weighted by Crippen LogP contribution is 2.29. The average molecular weight is 185 g/mol. The minimum absolute atomic E-state index is 0.151. The molecule has 3 nitrogen and oxygen atoms in total. The normalized spacial score (nSPS) is 16.5. The van der Waals surface area contributed by atoms with E-state index in [-0.39, 0.29) is 6.61 Å². The quantitative estimate of drug-likeness (QED) is 0.633. The molecule has 0 aromatic heterocycles. The lowest BCUT2D eigenvalue weighted by Crippen LogP contribution is -2.33. The summed E-state index contributed by atoms with van der Waals surface area (Å²) >= 11 is 0. The van der Waals surface area contributed by atoms with Crippen LogP contribution >= 0.6 is 0 Å². The van der Waals surface area contributed by atoms with E-state index in [2.05, 4.69) is 6.92 Å². The van der Waals surface area contributed by atoms with Crippen molar-refractivity contribution < 1.29 is 9.90 Å². The van der Waals surface area contributed by atoms with Crippen molar-refractivity contribution in [2.75, 3.05) is 26.2 Å². The summed E-state index contributed by atoms with van der Waals surface area (Å²) in [4.78, 5) is 13.5. The molecule has 0 spiro atoms. The molecule has 1 aliphatic rings. The van der Waals surface area contributed by atoms with Crippen LogP contribution in [0.5, 0.6) is 0 Å². The van der Waals surface area contributed by atoms with Crippen LogP contribution in [-0.4, -0.2) is 42.0 Å². The first-order chi connectivity index (χ1) is 6.27. The van der Waals surface area contributed by atoms with E-state index in [0.29, 0.717) is 24.8 Å². The number of hydrogen-bond donors (Lipinski definition) is 1. The average Bonchev–Trinajstić information content (AvgIpc) is 2.87. The van der Waals surface area contributed by atoms with Gasteiger partial charge in [-0.05, 0) is 25.8 Å². The monoisotopic (exact) mass is 185 g/mol. The number of carbonyl (C=O) groups excluding carboxylic acids is 1. The Morgan fingerprint density at radius 3 is 2.62 bits per heavy atom. The second-order valence-electron chi connectivity index (χ2n) is 3.74. The third-order valence-electron chi connectivity index (χ3n) is 2.37. The lowest BCUT2D eigenvalue weighted by molar-refractivity contribution is -0.121. The van der Waals surface area contributed by atoms with Crippen LogP contribution < -0.4 is 0 Å². The first-order valence-corrected chi connectivity index (χ1v) is 5.13. The zero-order valence-corrected chi connectivity index (χ0v) is 8.33. The van der Waals surface area contributed by atoms with Crippen LogP contribution in [0.25, 0.3) is 0 Å². The van der Waals surface area contributed by atoms with E-state index < -0.39 is 0 Å². The molecule has 3 heteroatoms. The van der Waals surface area contributed by atoms with Gasteiger partial charge in [-0.15, -0.1) is 0 Å². The third-order valence-corrected chi connectivity index (χ3v) is 2.37. The van der Waals surface area contributed by atoms with Gasteiger partial charge in [0, 0.05) is 12.5 Å². The molecule has 0 radical (unpaired) electrons. The molecule has 76 valence electrons. The predicted octanol–water partition coefficient (Wildman–Crippen LogP) is 0.670. The number of ketones is 1. The van der Waals surface area contributed by atoms with Gasteiger partial charge in [0.25, 0.3) is 0 Å². The Morgan fingerprint density at radius 1 is 1.46 bits per heavy atom. The van der Waals surface area contributed by atoms with Crippen LogP contribution in [0.3, 0.4) is 0 Å². The van der Waals surface area contributed by atoms with E-state index in [4.69, 9.17) is 5.11 Å². The molecule has 0 atom stereocenters. The lowest BCUT2D eigenvalue weighted by Gasteiger charge is -2.19. The first kappa shape index (κ1) is 10.7. The molecule has 0 aromatic rings. The summed E-state index contributed by atoms with van der Waals surface area (Å²) in [6.45, 7) is 4.33. The van der Waals surface area contributed by atoms with Crippen molar-refractivity contribution in [1.29, 1.82) is 0 Å². The Morgan fingerprint density at radius 2 is 2.15 bits per heavy atom. The maximum Gasteiger partial charge on any atom is 0.149 e. The van der Waals surface area contributed by atoms with Gasteiger partial charge in [0.05, 0.1) is 13.2 Å². The van der Waals surface area contributed by atoms with Crippen molar-refractivity contribution in [3.05, 3.63) is 0 Å². The molecule has 1 N–H and O–H groups in total. The summed E-state index contributed by atoms with van der Waals surface area (Å²) in [6.07, 6.45) is 3.20. The zero-order valence-electron chi connectivity index (χ0n) is 8.33. The first-order valence-electron chi connectivity index (χ1n) is 5.13. The molecule has 0 heterocycles. The fourth-order valence-electron chi connectivity index (χ4n) is 1.48. The molecule has 1 rings (SSSR count). The zero-order chi connectivity index (χ0) is 9.68. The van der Waals surface area contributed by atoms with Crippen molar-refractivity contribution >= 4 is 5.78 Å². The SMILES string of the molecule is CCCN(CCO)CC(=O)C1CC1. The van der Waals surface area contributed by atoms with Crippen molar-refractivity contribution in [2.24, 2.45) is 5.92 Å². The number of carbonyl (C=O) groups is 1. The lowest BCUT2D eigenvalue weighted by atomic mass is 10.2. The summed E-state index contributed by atoms with van der Waals surface area (Å²) in [6, 6.07) is 0. The Hall–Kier alpha value is -0.410. The van der Waals surface area contributed by atoms with Crippen LogP contribution in [0, 0.1) is 5.92 Å². The fraction of sp³-hybridized carbons (Fsp3) is 0.900. The standard InChI is InChI=1S/C10H19NO2/c1-2-5-11(6-7-12)8-10(13)9-3-4-9/h9,12H,2-8H2,1H3. The summed E-state index contributed by atoms with van der Waals surface area (Å²) in [5, 5.41) is 8.78. The minimum Gasteiger partial charge on any atom is -0.395 e. The van der Waals surface area contributed by atoms with Gasteiger partial charge >= 0.3 is 0 Å². The molecule has 0 saturated heterocycles.